The maximum Gasteiger partial charge on any atom is 0.490 e. The molecular formula is C23H30F9N3O8. The van der Waals surface area contributed by atoms with E-state index in [1.54, 1.807) is 0 Å². The summed E-state index contributed by atoms with van der Waals surface area (Å²) in [6.45, 7) is 4.49. The van der Waals surface area contributed by atoms with Crippen LogP contribution in [0.2, 0.25) is 0 Å². The molecule has 2 saturated heterocycles. The van der Waals surface area contributed by atoms with Crippen LogP contribution in [0, 0.1) is 0 Å². The predicted molar refractivity (Wildman–Crippen MR) is 127 cm³/mol. The summed E-state index contributed by atoms with van der Waals surface area (Å²) in [5.41, 5.74) is 1.26. The molecule has 248 valence electrons. The van der Waals surface area contributed by atoms with E-state index in [4.69, 9.17) is 39.2 Å². The number of likely N-dealkylation sites (N-methyl/N-ethyl adjacent to an activating group) is 1. The van der Waals surface area contributed by atoms with Crippen LogP contribution in [0.25, 0.3) is 0 Å². The van der Waals surface area contributed by atoms with Gasteiger partial charge < -0.3 is 29.7 Å². The van der Waals surface area contributed by atoms with Gasteiger partial charge in [-0.3, -0.25) is 9.88 Å². The Labute approximate surface area is 238 Å². The van der Waals surface area contributed by atoms with Crippen LogP contribution in [0.4, 0.5) is 39.5 Å². The Bertz CT molecular complexity index is 936. The smallest absolute Gasteiger partial charge is 0.475 e. The van der Waals surface area contributed by atoms with E-state index in [1.807, 2.05) is 18.5 Å². The molecule has 11 nitrogen and oxygen atoms in total. The van der Waals surface area contributed by atoms with Gasteiger partial charge in [0.1, 0.15) is 6.10 Å². The summed E-state index contributed by atoms with van der Waals surface area (Å²) >= 11 is 0. The lowest BCUT2D eigenvalue weighted by molar-refractivity contribution is -0.193. The molecule has 43 heavy (non-hydrogen) atoms. The number of likely N-dealkylation sites (tertiary alicyclic amines) is 1. The van der Waals surface area contributed by atoms with Crippen LogP contribution < -0.4 is 0 Å². The molecule has 2 aliphatic rings. The third-order valence-electron chi connectivity index (χ3n) is 5.29. The van der Waals surface area contributed by atoms with Crippen LogP contribution in [0.1, 0.15) is 18.4 Å². The van der Waals surface area contributed by atoms with Gasteiger partial charge in [0, 0.05) is 44.7 Å². The van der Waals surface area contributed by atoms with E-state index in [0.29, 0.717) is 6.04 Å². The van der Waals surface area contributed by atoms with Gasteiger partial charge in [-0.2, -0.15) is 39.5 Å². The number of pyridine rings is 1. The Balaban J connectivity index is 0.000000690. The van der Waals surface area contributed by atoms with E-state index < -0.39 is 36.4 Å². The lowest BCUT2D eigenvalue weighted by atomic mass is 10.0. The van der Waals surface area contributed by atoms with Crippen LogP contribution in [0.15, 0.2) is 24.5 Å². The molecule has 0 saturated carbocycles. The topological polar surface area (TPSA) is 150 Å². The number of aromatic nitrogens is 1. The number of nitrogens with zero attached hydrogens (tertiary/aromatic N) is 3. The van der Waals surface area contributed by atoms with Gasteiger partial charge in [0.05, 0.1) is 12.7 Å². The number of hydrogen-bond donors (Lipinski definition) is 3. The van der Waals surface area contributed by atoms with E-state index in [9.17, 15) is 39.5 Å². The molecule has 0 aliphatic carbocycles. The molecule has 1 aromatic heterocycles. The molecule has 20 heteroatoms. The molecule has 3 N–H and O–H groups in total. The van der Waals surface area contributed by atoms with Crippen LogP contribution in [0.3, 0.4) is 0 Å². The lowest BCUT2D eigenvalue weighted by Gasteiger charge is -2.32. The normalized spacial score (nSPS) is 20.3. The van der Waals surface area contributed by atoms with Gasteiger partial charge in [0.2, 0.25) is 0 Å². The van der Waals surface area contributed by atoms with Crippen molar-refractivity contribution in [3.63, 3.8) is 0 Å². The molecule has 0 radical (unpaired) electrons. The largest absolute Gasteiger partial charge is 0.490 e. The van der Waals surface area contributed by atoms with Gasteiger partial charge in [0.25, 0.3) is 0 Å². The fourth-order valence-electron chi connectivity index (χ4n) is 3.45. The number of fused-ring (bicyclic) bond motifs is 1. The van der Waals surface area contributed by atoms with Gasteiger partial charge in [-0.1, -0.05) is 6.07 Å². The summed E-state index contributed by atoms with van der Waals surface area (Å²) in [5.74, 6) is -8.27. The van der Waals surface area contributed by atoms with Crippen molar-refractivity contribution in [2.75, 3.05) is 40.4 Å². The minimum atomic E-state index is -5.08. The highest BCUT2D eigenvalue weighted by molar-refractivity contribution is 5.73. The Kier molecular flexibility index (Phi) is 16.4. The summed E-state index contributed by atoms with van der Waals surface area (Å²) < 4.78 is 107. The van der Waals surface area contributed by atoms with Gasteiger partial charge in [-0.15, -0.1) is 0 Å². The molecule has 0 unspecified atom stereocenters. The van der Waals surface area contributed by atoms with E-state index in [0.717, 1.165) is 39.3 Å². The Morgan fingerprint density at radius 2 is 1.47 bits per heavy atom. The van der Waals surface area contributed by atoms with Crippen molar-refractivity contribution in [2.45, 2.75) is 56.2 Å². The summed E-state index contributed by atoms with van der Waals surface area (Å²) in [4.78, 5) is 35.6. The van der Waals surface area contributed by atoms with Crippen molar-refractivity contribution in [3.05, 3.63) is 30.1 Å². The molecule has 3 rings (SSSR count). The molecular weight excluding hydrogens is 617 g/mol. The molecule has 2 aliphatic heterocycles. The number of alkyl halides is 9. The van der Waals surface area contributed by atoms with Gasteiger partial charge >= 0.3 is 36.4 Å². The standard InChI is InChI=1S/C17H27N3O2.3C2HF3O2/c1-19(2)8-10-21-16-13-20(12-14-5-3-7-18-11-14)15-6-4-9-22-17(15)16;3*3-2(4,5)1(6)7/h3,5,7,11,15-17H,4,6,8-10,12-13H2,1-2H3;3*(H,6,7)/t15-,16+,17+;;;/m1.../s1. The third-order valence-corrected chi connectivity index (χ3v) is 5.29. The zero-order chi connectivity index (χ0) is 33.6. The fraction of sp³-hybridized carbons (Fsp3) is 0.652. The Hall–Kier alpha value is -3.23. The first-order chi connectivity index (χ1) is 19.6. The molecule has 0 amide bonds. The van der Waals surface area contributed by atoms with Crippen molar-refractivity contribution in [1.29, 1.82) is 0 Å². The van der Waals surface area contributed by atoms with Crippen molar-refractivity contribution in [2.24, 2.45) is 0 Å². The van der Waals surface area contributed by atoms with Crippen molar-refractivity contribution in [3.8, 4) is 0 Å². The second-order valence-electron chi connectivity index (χ2n) is 8.96. The second kappa shape index (κ2) is 17.8. The Morgan fingerprint density at radius 1 is 0.977 bits per heavy atom. The first-order valence-electron chi connectivity index (χ1n) is 12.0. The number of ether oxygens (including phenoxy) is 2. The van der Waals surface area contributed by atoms with Gasteiger partial charge in [-0.25, -0.2) is 14.4 Å². The van der Waals surface area contributed by atoms with Crippen LogP contribution >= 0.6 is 0 Å². The number of carbonyl (C=O) groups is 3. The number of halogens is 9. The maximum atomic E-state index is 10.6. The Morgan fingerprint density at radius 3 is 1.86 bits per heavy atom. The third kappa shape index (κ3) is 16.9. The summed E-state index contributed by atoms with van der Waals surface area (Å²) in [6, 6.07) is 4.63. The number of carboxylic acids is 3. The van der Waals surface area contributed by atoms with Crippen molar-refractivity contribution >= 4 is 17.9 Å². The van der Waals surface area contributed by atoms with Gasteiger partial charge in [-0.05, 0) is 38.6 Å². The molecule has 2 fully saturated rings. The van der Waals surface area contributed by atoms with E-state index in [-0.39, 0.29) is 12.2 Å². The quantitative estimate of drug-likeness (QED) is 0.391. The van der Waals surface area contributed by atoms with Crippen molar-refractivity contribution in [1.82, 2.24) is 14.8 Å². The average Bonchev–Trinajstić information content (AvgIpc) is 3.21. The first kappa shape index (κ1) is 39.8. The molecule has 3 atom stereocenters. The van der Waals surface area contributed by atoms with E-state index in [2.05, 4.69) is 34.9 Å². The highest BCUT2D eigenvalue weighted by Crippen LogP contribution is 2.31. The minimum Gasteiger partial charge on any atom is -0.475 e. The highest BCUT2D eigenvalue weighted by atomic mass is 19.4. The number of carboxylic acid groups (broad SMARTS) is 3. The second-order valence-corrected chi connectivity index (χ2v) is 8.96. The zero-order valence-corrected chi connectivity index (χ0v) is 22.6. The molecule has 1 aromatic rings. The number of aliphatic carboxylic acids is 3. The summed E-state index contributed by atoms with van der Waals surface area (Å²) in [6.07, 6.45) is -8.69. The van der Waals surface area contributed by atoms with E-state index >= 15 is 0 Å². The molecule has 0 spiro atoms. The SMILES string of the molecule is CN(C)CCO[C@H]1CN(Cc2cccnc2)[C@@H]2CCCO[C@H]12.O=C(O)C(F)(F)F.O=C(O)C(F)(F)F.O=C(O)C(F)(F)F. The summed E-state index contributed by atoms with van der Waals surface area (Å²) in [7, 11) is 4.15. The lowest BCUT2D eigenvalue weighted by Crippen LogP contribution is -2.42. The first-order valence-corrected chi connectivity index (χ1v) is 12.0. The highest BCUT2D eigenvalue weighted by Gasteiger charge is 2.44. The minimum absolute atomic E-state index is 0.196. The molecule has 0 aromatic carbocycles. The monoisotopic (exact) mass is 647 g/mol. The van der Waals surface area contributed by atoms with Gasteiger partial charge in [0.15, 0.2) is 0 Å². The van der Waals surface area contributed by atoms with E-state index in [1.165, 1.54) is 12.0 Å². The van der Waals surface area contributed by atoms with Crippen LogP contribution in [-0.4, -0.2) is 125 Å². The number of hydrogen-bond acceptors (Lipinski definition) is 8. The predicted octanol–water partition coefficient (Wildman–Crippen LogP) is 3.29. The average molecular weight is 647 g/mol. The zero-order valence-electron chi connectivity index (χ0n) is 22.6. The fourth-order valence-corrected chi connectivity index (χ4v) is 3.45. The maximum absolute atomic E-state index is 10.6. The number of rotatable bonds is 6. The van der Waals surface area contributed by atoms with Crippen molar-refractivity contribution < 1.29 is 78.7 Å². The summed E-state index contributed by atoms with van der Waals surface area (Å²) in [5, 5.41) is 21.4. The van der Waals surface area contributed by atoms with Crippen LogP contribution in [-0.2, 0) is 30.4 Å². The molecule has 3 heterocycles. The molecule has 0 bridgehead atoms. The van der Waals surface area contributed by atoms with Crippen LogP contribution in [0.5, 0.6) is 0 Å².